The molecule has 1 aromatic carbocycles. The van der Waals surface area contributed by atoms with Crippen LogP contribution in [-0.2, 0) is 4.79 Å². The monoisotopic (exact) mass is 258 g/mol. The fraction of sp³-hybridized carbons (Fsp3) is 0.364. The average molecular weight is 259 g/mol. The molecule has 0 aliphatic rings. The summed E-state index contributed by atoms with van der Waals surface area (Å²) in [7, 11) is 0. The molecule has 1 amide bonds. The highest BCUT2D eigenvalue weighted by molar-refractivity contribution is 6.30. The zero-order chi connectivity index (χ0) is 12.8. The molecule has 6 heteroatoms. The van der Waals surface area contributed by atoms with Gasteiger partial charge in [0.1, 0.15) is 6.10 Å². The number of halogens is 1. The lowest BCUT2D eigenvalue weighted by Gasteiger charge is -2.13. The SMILES string of the molecule is NC(=O)C(O)CNCC(O)c1ccc(Cl)cc1. The highest BCUT2D eigenvalue weighted by Crippen LogP contribution is 2.15. The summed E-state index contributed by atoms with van der Waals surface area (Å²) in [6.45, 7) is 0.228. The van der Waals surface area contributed by atoms with E-state index in [9.17, 15) is 9.90 Å². The number of hydrogen-bond donors (Lipinski definition) is 4. The minimum absolute atomic E-state index is 0.0139. The summed E-state index contributed by atoms with van der Waals surface area (Å²) in [6, 6.07) is 6.77. The van der Waals surface area contributed by atoms with Crippen LogP contribution in [0.2, 0.25) is 5.02 Å². The van der Waals surface area contributed by atoms with Crippen LogP contribution in [0, 0.1) is 0 Å². The number of carbonyl (C=O) groups excluding carboxylic acids is 1. The number of aliphatic hydroxyl groups excluding tert-OH is 2. The zero-order valence-corrected chi connectivity index (χ0v) is 9.89. The second-order valence-electron chi connectivity index (χ2n) is 3.64. The van der Waals surface area contributed by atoms with Crippen molar-refractivity contribution in [1.82, 2.24) is 5.32 Å². The molecule has 0 bridgehead atoms. The van der Waals surface area contributed by atoms with E-state index in [2.05, 4.69) is 5.32 Å². The third-order valence-corrected chi connectivity index (χ3v) is 2.51. The third kappa shape index (κ3) is 4.70. The summed E-state index contributed by atoms with van der Waals surface area (Å²) in [4.78, 5) is 10.5. The van der Waals surface area contributed by atoms with Crippen molar-refractivity contribution in [1.29, 1.82) is 0 Å². The highest BCUT2D eigenvalue weighted by Gasteiger charge is 2.12. The first kappa shape index (κ1) is 13.9. The molecule has 0 radical (unpaired) electrons. The van der Waals surface area contributed by atoms with Gasteiger partial charge in [0.15, 0.2) is 0 Å². The Morgan fingerprint density at radius 1 is 1.29 bits per heavy atom. The van der Waals surface area contributed by atoms with Gasteiger partial charge in [-0.3, -0.25) is 4.79 Å². The lowest BCUT2D eigenvalue weighted by Crippen LogP contribution is -2.38. The van der Waals surface area contributed by atoms with Crippen LogP contribution in [0.1, 0.15) is 11.7 Å². The molecule has 5 nitrogen and oxygen atoms in total. The van der Waals surface area contributed by atoms with Crippen LogP contribution in [0.3, 0.4) is 0 Å². The molecule has 0 spiro atoms. The number of benzene rings is 1. The topological polar surface area (TPSA) is 95.6 Å². The number of hydrogen-bond acceptors (Lipinski definition) is 4. The van der Waals surface area contributed by atoms with Crippen molar-refractivity contribution in [2.75, 3.05) is 13.1 Å². The normalized spacial score (nSPS) is 14.3. The van der Waals surface area contributed by atoms with Crippen molar-refractivity contribution in [2.45, 2.75) is 12.2 Å². The van der Waals surface area contributed by atoms with Crippen LogP contribution in [0.4, 0.5) is 0 Å². The first-order chi connectivity index (χ1) is 8.00. The Bertz CT molecular complexity index is 369. The molecule has 1 rings (SSSR count). The molecular formula is C11H15ClN2O3. The number of primary amides is 1. The molecule has 5 N–H and O–H groups in total. The lowest BCUT2D eigenvalue weighted by atomic mass is 10.1. The summed E-state index contributed by atoms with van der Waals surface area (Å²) in [5.74, 6) is -0.793. The van der Waals surface area contributed by atoms with Gasteiger partial charge < -0.3 is 21.3 Å². The van der Waals surface area contributed by atoms with Crippen molar-refractivity contribution in [3.05, 3.63) is 34.9 Å². The molecule has 2 unspecified atom stereocenters. The highest BCUT2D eigenvalue weighted by atomic mass is 35.5. The average Bonchev–Trinajstić information content (AvgIpc) is 2.29. The molecule has 0 saturated carbocycles. The minimum atomic E-state index is -1.24. The smallest absolute Gasteiger partial charge is 0.247 e. The number of aliphatic hydroxyl groups is 2. The van der Waals surface area contributed by atoms with E-state index in [0.29, 0.717) is 10.6 Å². The molecule has 0 saturated heterocycles. The van der Waals surface area contributed by atoms with Gasteiger partial charge in [0.2, 0.25) is 5.91 Å². The lowest BCUT2D eigenvalue weighted by molar-refractivity contribution is -0.125. The molecule has 0 aromatic heterocycles. The molecule has 0 aliphatic heterocycles. The Hall–Kier alpha value is -1.14. The van der Waals surface area contributed by atoms with Crippen LogP contribution >= 0.6 is 11.6 Å². The minimum Gasteiger partial charge on any atom is -0.387 e. The maximum Gasteiger partial charge on any atom is 0.247 e. The molecule has 2 atom stereocenters. The van der Waals surface area contributed by atoms with Crippen molar-refractivity contribution < 1.29 is 15.0 Å². The zero-order valence-electron chi connectivity index (χ0n) is 9.14. The summed E-state index contributed by atoms with van der Waals surface area (Å²) < 4.78 is 0. The van der Waals surface area contributed by atoms with Crippen molar-refractivity contribution in [3.8, 4) is 0 Å². The molecule has 1 aromatic rings. The van der Waals surface area contributed by atoms with Gasteiger partial charge in [0.25, 0.3) is 0 Å². The van der Waals surface area contributed by atoms with E-state index in [1.165, 1.54) is 0 Å². The predicted molar refractivity (Wildman–Crippen MR) is 64.5 cm³/mol. The van der Waals surface area contributed by atoms with E-state index >= 15 is 0 Å². The molecule has 0 fully saturated rings. The Labute approximate surface area is 104 Å². The molecular weight excluding hydrogens is 244 g/mol. The first-order valence-electron chi connectivity index (χ1n) is 5.12. The quantitative estimate of drug-likeness (QED) is 0.569. The second-order valence-corrected chi connectivity index (χ2v) is 4.08. The second kappa shape index (κ2) is 6.56. The van der Waals surface area contributed by atoms with Gasteiger partial charge in [-0.15, -0.1) is 0 Å². The first-order valence-corrected chi connectivity index (χ1v) is 5.50. The number of nitrogens with one attached hydrogen (secondary N) is 1. The van der Waals surface area contributed by atoms with Gasteiger partial charge in [-0.25, -0.2) is 0 Å². The van der Waals surface area contributed by atoms with Gasteiger partial charge in [-0.2, -0.15) is 0 Å². The van der Waals surface area contributed by atoms with E-state index in [4.69, 9.17) is 22.4 Å². The van der Waals surface area contributed by atoms with Gasteiger partial charge in [0, 0.05) is 18.1 Å². The fourth-order valence-electron chi connectivity index (χ4n) is 1.26. The van der Waals surface area contributed by atoms with Crippen molar-refractivity contribution in [2.24, 2.45) is 5.73 Å². The van der Waals surface area contributed by atoms with Gasteiger partial charge in [-0.1, -0.05) is 23.7 Å². The largest absolute Gasteiger partial charge is 0.387 e. The summed E-state index contributed by atoms with van der Waals surface area (Å²) >= 11 is 5.72. The number of carbonyl (C=O) groups is 1. The predicted octanol–water partition coefficient (Wildman–Crippen LogP) is -0.191. The maximum absolute atomic E-state index is 10.5. The van der Waals surface area contributed by atoms with Crippen molar-refractivity contribution in [3.63, 3.8) is 0 Å². The Kier molecular flexibility index (Phi) is 5.37. The van der Waals surface area contributed by atoms with E-state index in [1.54, 1.807) is 24.3 Å². The third-order valence-electron chi connectivity index (χ3n) is 2.26. The van der Waals surface area contributed by atoms with Crippen LogP contribution in [0.5, 0.6) is 0 Å². The van der Waals surface area contributed by atoms with Crippen molar-refractivity contribution >= 4 is 17.5 Å². The van der Waals surface area contributed by atoms with Crippen LogP contribution in [0.15, 0.2) is 24.3 Å². The van der Waals surface area contributed by atoms with E-state index in [-0.39, 0.29) is 13.1 Å². The summed E-state index contributed by atoms with van der Waals surface area (Å²) in [5, 5.41) is 22.2. The molecule has 17 heavy (non-hydrogen) atoms. The van der Waals surface area contributed by atoms with Gasteiger partial charge >= 0.3 is 0 Å². The summed E-state index contributed by atoms with van der Waals surface area (Å²) in [6.07, 6.45) is -1.97. The van der Waals surface area contributed by atoms with Crippen LogP contribution in [-0.4, -0.2) is 35.3 Å². The number of amides is 1. The summed E-state index contributed by atoms with van der Waals surface area (Å²) in [5.41, 5.74) is 5.58. The number of rotatable bonds is 6. The van der Waals surface area contributed by atoms with Crippen LogP contribution < -0.4 is 11.1 Å². The maximum atomic E-state index is 10.5. The molecule has 94 valence electrons. The number of nitrogens with two attached hydrogens (primary N) is 1. The fourth-order valence-corrected chi connectivity index (χ4v) is 1.39. The van der Waals surface area contributed by atoms with E-state index < -0.39 is 18.1 Å². The van der Waals surface area contributed by atoms with Gasteiger partial charge in [-0.05, 0) is 17.7 Å². The van der Waals surface area contributed by atoms with Crippen LogP contribution in [0.25, 0.3) is 0 Å². The molecule has 0 aliphatic carbocycles. The Morgan fingerprint density at radius 3 is 2.41 bits per heavy atom. The Morgan fingerprint density at radius 2 is 1.88 bits per heavy atom. The Balaban J connectivity index is 2.37. The molecule has 0 heterocycles. The van der Waals surface area contributed by atoms with Gasteiger partial charge in [0.05, 0.1) is 6.10 Å². The standard InChI is InChI=1S/C11H15ClN2O3/c12-8-3-1-7(2-4-8)9(15)5-14-6-10(16)11(13)17/h1-4,9-10,14-16H,5-6H2,(H2,13,17). The van der Waals surface area contributed by atoms with E-state index in [1.807, 2.05) is 0 Å². The van der Waals surface area contributed by atoms with E-state index in [0.717, 1.165) is 0 Å².